The monoisotopic (exact) mass is 448 g/mol. The van der Waals surface area contributed by atoms with Crippen molar-refractivity contribution in [3.63, 3.8) is 0 Å². The van der Waals surface area contributed by atoms with Crippen LogP contribution in [0.3, 0.4) is 0 Å². The molecule has 30 heavy (non-hydrogen) atoms. The summed E-state index contributed by atoms with van der Waals surface area (Å²) < 4.78 is 0. The van der Waals surface area contributed by atoms with E-state index in [4.69, 9.17) is 23.2 Å². The molecule has 1 unspecified atom stereocenters. The molecule has 0 spiro atoms. The van der Waals surface area contributed by atoms with Gasteiger partial charge in [-0.05, 0) is 55.0 Å². The maximum atomic E-state index is 13.1. The zero-order chi connectivity index (χ0) is 22.1. The molecule has 2 aromatic carbocycles. The Kier molecular flexibility index (Phi) is 9.67. The molecule has 0 aliphatic rings. The molecule has 0 aromatic heterocycles. The van der Waals surface area contributed by atoms with E-state index in [2.05, 4.69) is 36.5 Å². The lowest BCUT2D eigenvalue weighted by Gasteiger charge is -2.29. The largest absolute Gasteiger partial charge is 0.354 e. The number of halogens is 2. The first-order chi connectivity index (χ1) is 14.3. The van der Waals surface area contributed by atoms with Crippen LogP contribution in [0.2, 0.25) is 10.0 Å². The molecule has 4 nitrogen and oxygen atoms in total. The fraction of sp³-hybridized carbons (Fsp3) is 0.417. The molecule has 0 aliphatic heterocycles. The van der Waals surface area contributed by atoms with Crippen molar-refractivity contribution in [1.29, 1.82) is 0 Å². The second-order valence-electron chi connectivity index (χ2n) is 7.41. The Balaban J connectivity index is 2.14. The van der Waals surface area contributed by atoms with E-state index >= 15 is 0 Å². The van der Waals surface area contributed by atoms with E-state index in [1.165, 1.54) is 5.56 Å². The Morgan fingerprint density at radius 3 is 2.20 bits per heavy atom. The summed E-state index contributed by atoms with van der Waals surface area (Å²) >= 11 is 12.2. The minimum Gasteiger partial charge on any atom is -0.354 e. The second-order valence-corrected chi connectivity index (χ2v) is 8.22. The highest BCUT2D eigenvalue weighted by Crippen LogP contribution is 2.24. The highest BCUT2D eigenvalue weighted by molar-refractivity contribution is 6.42. The number of amides is 2. The van der Waals surface area contributed by atoms with Gasteiger partial charge in [-0.25, -0.2) is 0 Å². The summed E-state index contributed by atoms with van der Waals surface area (Å²) in [5.74, 6) is -0.225. The summed E-state index contributed by atoms with van der Waals surface area (Å²) in [6.07, 6.45) is 2.79. The van der Waals surface area contributed by atoms with Gasteiger partial charge in [-0.2, -0.15) is 0 Å². The van der Waals surface area contributed by atoms with Gasteiger partial charge in [-0.1, -0.05) is 67.4 Å². The molecule has 0 saturated carbocycles. The van der Waals surface area contributed by atoms with Crippen molar-refractivity contribution in [2.24, 2.45) is 0 Å². The van der Waals surface area contributed by atoms with Crippen LogP contribution in [0.15, 0.2) is 42.5 Å². The number of carbonyl (C=O) groups is 2. The number of aryl methyl sites for hydroxylation is 2. The van der Waals surface area contributed by atoms with Crippen LogP contribution in [-0.2, 0) is 29.0 Å². The van der Waals surface area contributed by atoms with Gasteiger partial charge in [0.2, 0.25) is 11.8 Å². The SMILES string of the molecule is CCCNC(=O)C(C)N(Cc1ccc(Cl)c(Cl)c1)C(=O)CCc1ccc(CC)cc1. The Morgan fingerprint density at radius 2 is 1.60 bits per heavy atom. The predicted octanol–water partition coefficient (Wildman–Crippen LogP) is 5.43. The van der Waals surface area contributed by atoms with Gasteiger partial charge in [-0.15, -0.1) is 0 Å². The lowest BCUT2D eigenvalue weighted by atomic mass is 10.0. The van der Waals surface area contributed by atoms with Crippen molar-refractivity contribution in [2.75, 3.05) is 6.54 Å². The molecule has 2 aromatic rings. The lowest BCUT2D eigenvalue weighted by molar-refractivity contribution is -0.140. The Hall–Kier alpha value is -2.04. The molecule has 2 amide bonds. The van der Waals surface area contributed by atoms with Crippen molar-refractivity contribution < 1.29 is 9.59 Å². The van der Waals surface area contributed by atoms with Crippen molar-refractivity contribution in [1.82, 2.24) is 10.2 Å². The van der Waals surface area contributed by atoms with E-state index in [0.717, 1.165) is 24.0 Å². The smallest absolute Gasteiger partial charge is 0.242 e. The van der Waals surface area contributed by atoms with E-state index in [1.54, 1.807) is 24.0 Å². The van der Waals surface area contributed by atoms with Gasteiger partial charge >= 0.3 is 0 Å². The van der Waals surface area contributed by atoms with Gasteiger partial charge in [0, 0.05) is 19.5 Å². The summed E-state index contributed by atoms with van der Waals surface area (Å²) in [6.45, 7) is 6.75. The van der Waals surface area contributed by atoms with E-state index in [1.807, 2.05) is 13.0 Å². The van der Waals surface area contributed by atoms with E-state index in [-0.39, 0.29) is 11.8 Å². The molecular weight excluding hydrogens is 419 g/mol. The van der Waals surface area contributed by atoms with E-state index < -0.39 is 6.04 Å². The highest BCUT2D eigenvalue weighted by Gasteiger charge is 2.25. The fourth-order valence-corrected chi connectivity index (χ4v) is 3.47. The average molecular weight is 449 g/mol. The molecule has 162 valence electrons. The minimum atomic E-state index is -0.582. The topological polar surface area (TPSA) is 49.4 Å². The number of carbonyl (C=O) groups excluding carboxylic acids is 2. The molecule has 1 atom stereocenters. The second kappa shape index (κ2) is 12.0. The number of hydrogen-bond donors (Lipinski definition) is 1. The van der Waals surface area contributed by atoms with Crippen molar-refractivity contribution in [3.05, 3.63) is 69.2 Å². The number of rotatable bonds is 10. The molecule has 0 saturated heterocycles. The zero-order valence-corrected chi connectivity index (χ0v) is 19.4. The molecule has 0 heterocycles. The number of nitrogens with zero attached hydrogens (tertiary/aromatic N) is 1. The van der Waals surface area contributed by atoms with E-state index in [9.17, 15) is 9.59 Å². The van der Waals surface area contributed by atoms with Crippen LogP contribution in [-0.4, -0.2) is 29.3 Å². The maximum Gasteiger partial charge on any atom is 0.242 e. The van der Waals surface area contributed by atoms with Crippen molar-refractivity contribution >= 4 is 35.0 Å². The van der Waals surface area contributed by atoms with Crippen LogP contribution in [0, 0.1) is 0 Å². The van der Waals surface area contributed by atoms with Gasteiger partial charge in [0.05, 0.1) is 10.0 Å². The third-order valence-electron chi connectivity index (χ3n) is 5.11. The Bertz CT molecular complexity index is 853. The van der Waals surface area contributed by atoms with Crippen LogP contribution < -0.4 is 5.32 Å². The minimum absolute atomic E-state index is 0.0696. The molecular formula is C24H30Cl2N2O2. The van der Waals surface area contributed by atoms with Gasteiger partial charge in [-0.3, -0.25) is 9.59 Å². The van der Waals surface area contributed by atoms with Gasteiger partial charge in [0.25, 0.3) is 0 Å². The third-order valence-corrected chi connectivity index (χ3v) is 5.85. The standard InChI is InChI=1S/C24H30Cl2N2O2/c1-4-14-27-24(30)17(3)28(16-20-10-12-21(25)22(26)15-20)23(29)13-11-19-8-6-18(5-2)7-9-19/h6-10,12,15,17H,4-5,11,13-14,16H2,1-3H3,(H,27,30). The van der Waals surface area contributed by atoms with Crippen LogP contribution >= 0.6 is 23.2 Å². The predicted molar refractivity (Wildman–Crippen MR) is 124 cm³/mol. The molecule has 0 aliphatic carbocycles. The number of nitrogens with one attached hydrogen (secondary N) is 1. The van der Waals surface area contributed by atoms with Crippen LogP contribution in [0.1, 0.15) is 50.3 Å². The maximum absolute atomic E-state index is 13.1. The Labute approximate surface area is 189 Å². The fourth-order valence-electron chi connectivity index (χ4n) is 3.15. The Morgan fingerprint density at radius 1 is 0.967 bits per heavy atom. The normalized spacial score (nSPS) is 11.8. The molecule has 1 N–H and O–H groups in total. The molecule has 0 bridgehead atoms. The number of hydrogen-bond acceptors (Lipinski definition) is 2. The third kappa shape index (κ3) is 7.03. The molecule has 2 rings (SSSR count). The van der Waals surface area contributed by atoms with Crippen LogP contribution in [0.5, 0.6) is 0 Å². The van der Waals surface area contributed by atoms with Crippen LogP contribution in [0.4, 0.5) is 0 Å². The first kappa shape index (κ1) is 24.2. The molecule has 6 heteroatoms. The van der Waals surface area contributed by atoms with Crippen molar-refractivity contribution in [3.8, 4) is 0 Å². The zero-order valence-electron chi connectivity index (χ0n) is 17.9. The van der Waals surface area contributed by atoms with Gasteiger partial charge in [0.1, 0.15) is 6.04 Å². The lowest BCUT2D eigenvalue weighted by Crippen LogP contribution is -2.47. The number of benzene rings is 2. The summed E-state index contributed by atoms with van der Waals surface area (Å²) in [6, 6.07) is 13.0. The van der Waals surface area contributed by atoms with Crippen LogP contribution in [0.25, 0.3) is 0 Å². The first-order valence-corrected chi connectivity index (χ1v) is 11.2. The quantitative estimate of drug-likeness (QED) is 0.526. The van der Waals surface area contributed by atoms with E-state index in [0.29, 0.717) is 36.0 Å². The molecule has 0 radical (unpaired) electrons. The summed E-state index contributed by atoms with van der Waals surface area (Å²) in [4.78, 5) is 27.3. The highest BCUT2D eigenvalue weighted by atomic mass is 35.5. The van der Waals surface area contributed by atoms with Gasteiger partial charge in [0.15, 0.2) is 0 Å². The first-order valence-electron chi connectivity index (χ1n) is 10.4. The average Bonchev–Trinajstić information content (AvgIpc) is 2.76. The summed E-state index contributed by atoms with van der Waals surface area (Å²) in [7, 11) is 0. The van der Waals surface area contributed by atoms with Gasteiger partial charge < -0.3 is 10.2 Å². The molecule has 0 fully saturated rings. The summed E-state index contributed by atoms with van der Waals surface area (Å²) in [5, 5.41) is 3.77. The van der Waals surface area contributed by atoms with Crippen molar-refractivity contribution in [2.45, 2.75) is 59.0 Å². The summed E-state index contributed by atoms with van der Waals surface area (Å²) in [5.41, 5.74) is 3.21.